The van der Waals surface area contributed by atoms with E-state index in [2.05, 4.69) is 0 Å². The Kier molecular flexibility index (Phi) is 47.4. The Balaban J connectivity index is -0.000000689. The Morgan fingerprint density at radius 3 is 0.688 bits per heavy atom. The zero-order valence-electron chi connectivity index (χ0n) is 87.5. The van der Waals surface area contributed by atoms with Crippen LogP contribution in [0.25, 0.3) is 0 Å². The number of benzene rings is 3. The number of rotatable bonds is 36. The zero-order chi connectivity index (χ0) is 102. The zero-order valence-corrected chi connectivity index (χ0v) is 101. The summed E-state index contributed by atoms with van der Waals surface area (Å²) >= 11 is 0. The first-order chi connectivity index (χ1) is 54.0. The maximum absolute atomic E-state index is 11.2. The normalized spacial score (nSPS) is 17.2. The van der Waals surface area contributed by atoms with Crippen molar-refractivity contribution in [3.05, 3.63) is 108 Å². The SMILES string of the molecule is CC(C)(C(O)(O[Si](C)(C)O)c1ccccc1)[Si](C)(C)O.CC(C)(O[Si](C)(C)O)[Si](C)(C)O.CC(C)OC(C)(O[Si](C)(C)O)C(C)(C)[Si](C)(C)O.CC(C)OC(O[Si](C)(C)O)(c1ccccc1)C(C)(C)[Si](C)(C)O.CC(O)(O[Si](C)(C)O)C(C)(C)[Si](C)(C)O.COC(C)(O[Si](C)(C)O)C(C)(C)[Si](C)(C)O.COC(O[Si](C)(C)O)(c1ccccc1)C(C)(C)[Si](C)(C)O. The van der Waals surface area contributed by atoms with Crippen LogP contribution >= 0.6 is 0 Å². The summed E-state index contributed by atoms with van der Waals surface area (Å²) in [4.78, 5) is 143. The van der Waals surface area contributed by atoms with Gasteiger partial charge in [0.15, 0.2) is 84.6 Å². The first kappa shape index (κ1) is 131. The number of aliphatic hydroxyl groups is 2. The Labute approximate surface area is 773 Å². The third kappa shape index (κ3) is 39.0. The Bertz CT molecular complexity index is 3600. The van der Waals surface area contributed by atoms with E-state index in [4.69, 9.17) is 49.9 Å². The standard InChI is InChI=1S/C17H32O4Si2.C15H28O4Si2.C14H26O4Si2.C12H30O4Si2.C10H26O4Si2.C9H24O4Si2.C7H20O3Si2/c1-14(2)20-17(21-23(7,8)19,15-12-10-9-11-13-15)16(3,4)22(5,6)18;1-14(2,20(4,5)16)15(18-3,19-21(6,7)17)13-11-9-8-10-12-13;1-13(2,19(3,4)16)14(15,18-20(5,6)17)12-10-8-7-9-11-12;1-10(2)15-12(5,16-18(8,9)14)11(3,4)17(6,7)13;1-9(2,15(5,6)11)10(3,13-4)14-16(7,8)12;1-8(2,14(4,5)11)9(3,10)13-15(6,7)12;1-7(2,11(3,4)8)10-12(5,6)9/h9-14,18-19H,1-8H3;8-12,16-17H,1-7H3;7-11,15-17H,1-6H3;10,13-14H,1-9H3;11-12H,1-8H3;10-12H,1-7H3;8-9H,1-6H3. The number of ether oxygens (including phenoxy) is 4. The second kappa shape index (κ2) is 45.3. The summed E-state index contributed by atoms with van der Waals surface area (Å²) in [5.74, 6) is -7.57. The molecule has 3 rings (SSSR count). The summed E-state index contributed by atoms with van der Waals surface area (Å²) in [6, 6.07) is 28.1. The molecule has 0 spiro atoms. The van der Waals surface area contributed by atoms with Gasteiger partial charge in [0.2, 0.25) is 8.32 Å². The molecule has 740 valence electrons. The van der Waals surface area contributed by atoms with Gasteiger partial charge in [-0.25, -0.2) is 0 Å². The van der Waals surface area contributed by atoms with E-state index in [1.54, 1.807) is 191 Å². The second-order valence-corrected chi connectivity index (χ2v) is 96.8. The predicted octanol–water partition coefficient (Wildman–Crippen LogP) is 17.1. The van der Waals surface area contributed by atoms with Gasteiger partial charge in [0.1, 0.15) is 0 Å². The van der Waals surface area contributed by atoms with Crippen molar-refractivity contribution in [1.82, 2.24) is 0 Å². The molecule has 6 atom stereocenters. The van der Waals surface area contributed by atoms with Gasteiger partial charge in [0.05, 0.1) is 17.4 Å². The average Bonchev–Trinajstić information content (AvgIpc) is 0.690. The van der Waals surface area contributed by atoms with Crippen molar-refractivity contribution >= 4 is 118 Å². The van der Waals surface area contributed by atoms with Gasteiger partial charge in [0, 0.05) is 61.1 Å². The van der Waals surface area contributed by atoms with Crippen molar-refractivity contribution in [3.63, 3.8) is 0 Å². The van der Waals surface area contributed by atoms with Gasteiger partial charge in [-0.3, -0.25) is 0 Å². The molecule has 0 radical (unpaired) electrons. The fourth-order valence-electron chi connectivity index (χ4n) is 12.1. The fraction of sp³-hybridized carbons (Fsp3) is 0.786. The minimum absolute atomic E-state index is 0.0398. The van der Waals surface area contributed by atoms with Gasteiger partial charge in [-0.1, -0.05) is 174 Å². The molecular formula is C84H186O27Si14. The van der Waals surface area contributed by atoms with E-state index in [-0.39, 0.29) is 12.2 Å². The maximum Gasteiger partial charge on any atom is 0.331 e. The number of hydrogen-bond donors (Lipinski definition) is 16. The lowest BCUT2D eigenvalue weighted by Crippen LogP contribution is -2.59. The van der Waals surface area contributed by atoms with Crippen molar-refractivity contribution in [2.45, 2.75) is 411 Å². The largest absolute Gasteiger partial charge is 0.432 e. The molecule has 0 aliphatic heterocycles. The van der Waals surface area contributed by atoms with E-state index in [1.165, 1.54) is 6.92 Å². The van der Waals surface area contributed by atoms with Gasteiger partial charge < -0.3 is 127 Å². The molecule has 6 unspecified atom stereocenters. The lowest BCUT2D eigenvalue weighted by Gasteiger charge is -2.53. The summed E-state index contributed by atoms with van der Waals surface area (Å²) in [5, 5.41) is 16.8. The van der Waals surface area contributed by atoms with Crippen LogP contribution in [0.3, 0.4) is 0 Å². The number of hydrogen-bond acceptors (Lipinski definition) is 27. The molecule has 125 heavy (non-hydrogen) atoms. The van der Waals surface area contributed by atoms with E-state index >= 15 is 0 Å². The molecule has 0 amide bonds. The minimum Gasteiger partial charge on any atom is -0.432 e. The van der Waals surface area contributed by atoms with Crippen LogP contribution < -0.4 is 0 Å². The molecule has 0 heterocycles. The van der Waals surface area contributed by atoms with Crippen molar-refractivity contribution in [1.29, 1.82) is 0 Å². The number of methoxy groups -OCH3 is 2. The summed E-state index contributed by atoms with van der Waals surface area (Å²) in [6.45, 7) is 88.1. The molecule has 0 fully saturated rings. The van der Waals surface area contributed by atoms with Crippen LogP contribution in [0.2, 0.25) is 214 Å². The lowest BCUT2D eigenvalue weighted by atomic mass is 9.93. The summed E-state index contributed by atoms with van der Waals surface area (Å²) < 4.78 is 64.0. The third-order valence-corrected chi connectivity index (χ3v) is 54.6. The van der Waals surface area contributed by atoms with Gasteiger partial charge in [-0.15, -0.1) is 0 Å². The fourth-order valence-corrected chi connectivity index (χ4v) is 29.7. The molecule has 0 saturated carbocycles. The second-order valence-electron chi connectivity index (χ2n) is 44.6. The van der Waals surface area contributed by atoms with E-state index in [0.717, 1.165) is 11.1 Å². The molecule has 0 aliphatic rings. The molecule has 16 N–H and O–H groups in total. The van der Waals surface area contributed by atoms with Crippen LogP contribution in [0.15, 0.2) is 91.0 Å². The van der Waals surface area contributed by atoms with Crippen LogP contribution in [0.4, 0.5) is 0 Å². The molecule has 0 saturated heterocycles. The van der Waals surface area contributed by atoms with E-state index in [0.29, 0.717) is 5.56 Å². The van der Waals surface area contributed by atoms with Crippen molar-refractivity contribution in [2.24, 2.45) is 0 Å². The third-order valence-electron chi connectivity index (χ3n) is 24.6. The van der Waals surface area contributed by atoms with Crippen LogP contribution in [0.5, 0.6) is 0 Å². The molecule has 0 aliphatic carbocycles. The highest BCUT2D eigenvalue weighted by molar-refractivity contribution is 6.77. The highest BCUT2D eigenvalue weighted by atomic mass is 28.4. The van der Waals surface area contributed by atoms with Gasteiger partial charge in [0.25, 0.3) is 0 Å². The van der Waals surface area contributed by atoms with Gasteiger partial charge in [-0.2, -0.15) is 0 Å². The van der Waals surface area contributed by atoms with E-state index in [9.17, 15) is 77.4 Å². The van der Waals surface area contributed by atoms with Crippen LogP contribution in [0, 0.1) is 0 Å². The van der Waals surface area contributed by atoms with Crippen molar-refractivity contribution < 1.29 is 127 Å². The summed E-state index contributed by atoms with van der Waals surface area (Å²) in [5.41, 5.74) is 2.18. The highest BCUT2D eigenvalue weighted by Crippen LogP contribution is 2.59. The molecule has 3 aromatic carbocycles. The Morgan fingerprint density at radius 2 is 0.464 bits per heavy atom. The topological polar surface area (TPSA) is 425 Å². The van der Waals surface area contributed by atoms with Crippen LogP contribution in [-0.2, 0) is 67.3 Å². The predicted molar refractivity (Wildman–Crippen MR) is 542 cm³/mol. The molecule has 0 bridgehead atoms. The first-order valence-corrected chi connectivity index (χ1v) is 83.7. The minimum atomic E-state index is -3.00. The van der Waals surface area contributed by atoms with Crippen molar-refractivity contribution in [2.75, 3.05) is 14.2 Å². The quantitative estimate of drug-likeness (QED) is 0.0190. The average molecular weight is 2020 g/mol. The molecule has 3 aromatic rings. The van der Waals surface area contributed by atoms with Gasteiger partial charge in [-0.05, 0) is 246 Å². The van der Waals surface area contributed by atoms with Crippen molar-refractivity contribution in [3.8, 4) is 0 Å². The molecule has 0 aromatic heterocycles. The van der Waals surface area contributed by atoms with E-state index in [1.807, 2.05) is 236 Å². The van der Waals surface area contributed by atoms with Crippen LogP contribution in [-0.4, -0.2) is 245 Å². The summed E-state index contributed by atoms with van der Waals surface area (Å²) in [7, 11) is -34.6. The Hall–Kier alpha value is -0.384. The first-order valence-electron chi connectivity index (χ1n) is 43.1. The molecule has 27 nitrogen and oxygen atoms in total. The van der Waals surface area contributed by atoms with Crippen LogP contribution in [0.1, 0.15) is 162 Å². The summed E-state index contributed by atoms with van der Waals surface area (Å²) in [6.07, 6.45) is -0.163. The van der Waals surface area contributed by atoms with Gasteiger partial charge >= 0.3 is 59.9 Å². The molecular weight excluding hydrogens is 1830 g/mol. The Morgan fingerprint density at radius 1 is 0.232 bits per heavy atom. The smallest absolute Gasteiger partial charge is 0.331 e. The maximum atomic E-state index is 11.2. The highest BCUT2D eigenvalue weighted by Gasteiger charge is 2.64. The monoisotopic (exact) mass is 2020 g/mol. The molecule has 41 heteroatoms. The van der Waals surface area contributed by atoms with E-state index < -0.39 is 188 Å². The lowest BCUT2D eigenvalue weighted by molar-refractivity contribution is -0.248.